The zero-order valence-corrected chi connectivity index (χ0v) is 11.3. The van der Waals surface area contributed by atoms with Gasteiger partial charge in [-0.3, -0.25) is 4.79 Å². The molecule has 0 atom stereocenters. The van der Waals surface area contributed by atoms with Crippen LogP contribution in [0.5, 0.6) is 0 Å². The van der Waals surface area contributed by atoms with E-state index < -0.39 is 30.5 Å². The van der Waals surface area contributed by atoms with Gasteiger partial charge in [-0.25, -0.2) is 4.39 Å². The molecule has 0 bridgehead atoms. The first-order valence-electron chi connectivity index (χ1n) is 5.84. The molecule has 5 nitrogen and oxygen atoms in total. The zero-order chi connectivity index (χ0) is 14.6. The number of carbonyl (C=O) groups is 1. The van der Waals surface area contributed by atoms with Crippen molar-refractivity contribution < 1.29 is 19.4 Å². The Morgan fingerprint density at radius 2 is 1.95 bits per heavy atom. The summed E-state index contributed by atoms with van der Waals surface area (Å²) in [5, 5.41) is 20.6. The summed E-state index contributed by atoms with van der Waals surface area (Å²) in [4.78, 5) is 13.6. The van der Waals surface area contributed by atoms with Gasteiger partial charge in [0.1, 0.15) is 5.82 Å². The van der Waals surface area contributed by atoms with E-state index in [2.05, 4.69) is 5.32 Å². The summed E-state index contributed by atoms with van der Waals surface area (Å²) in [6.45, 7) is 0.594. The highest BCUT2D eigenvalue weighted by Crippen LogP contribution is 2.17. The summed E-state index contributed by atoms with van der Waals surface area (Å²) in [5.41, 5.74) is -0.663. The van der Waals surface area contributed by atoms with Gasteiger partial charge in [0.15, 0.2) is 0 Å². The number of nitrogens with one attached hydrogen (secondary N) is 1. The number of anilines is 1. The third kappa shape index (κ3) is 3.65. The highest BCUT2D eigenvalue weighted by Gasteiger charge is 2.26. The Hall–Kier alpha value is -1.66. The van der Waals surface area contributed by atoms with Crippen molar-refractivity contribution in [2.75, 3.05) is 32.2 Å². The molecule has 6 heteroatoms. The van der Waals surface area contributed by atoms with Gasteiger partial charge in [0, 0.05) is 19.8 Å². The largest absolute Gasteiger partial charge is 0.394 e. The summed E-state index contributed by atoms with van der Waals surface area (Å²) in [7, 11) is 3.53. The molecule has 0 aliphatic carbocycles. The maximum absolute atomic E-state index is 13.8. The summed E-state index contributed by atoms with van der Waals surface area (Å²) in [5.74, 6) is -1.32. The number of hydrogen-bond donors (Lipinski definition) is 3. The molecule has 0 fully saturated rings. The van der Waals surface area contributed by atoms with E-state index in [4.69, 9.17) is 10.2 Å². The third-order valence-electron chi connectivity index (χ3n) is 2.83. The van der Waals surface area contributed by atoms with E-state index in [0.717, 1.165) is 0 Å². The molecular formula is C13H19FN2O3. The molecule has 0 saturated heterocycles. The van der Waals surface area contributed by atoms with Crippen molar-refractivity contribution in [2.24, 2.45) is 0 Å². The van der Waals surface area contributed by atoms with E-state index in [9.17, 15) is 9.18 Å². The monoisotopic (exact) mass is 270 g/mol. The second-order valence-corrected chi connectivity index (χ2v) is 4.89. The quantitative estimate of drug-likeness (QED) is 0.722. The van der Waals surface area contributed by atoms with Crippen LogP contribution in [-0.2, 0) is 0 Å². The lowest BCUT2D eigenvalue weighted by Gasteiger charge is -2.26. The van der Waals surface area contributed by atoms with Crippen molar-refractivity contribution in [3.8, 4) is 0 Å². The topological polar surface area (TPSA) is 72.8 Å². The minimum Gasteiger partial charge on any atom is -0.394 e. The average molecular weight is 270 g/mol. The second-order valence-electron chi connectivity index (χ2n) is 4.89. The lowest BCUT2D eigenvalue weighted by atomic mass is 10.0. The first kappa shape index (κ1) is 15.4. The van der Waals surface area contributed by atoms with E-state index in [-0.39, 0.29) is 5.56 Å². The fourth-order valence-corrected chi connectivity index (χ4v) is 1.44. The normalized spacial score (nSPS) is 11.3. The maximum Gasteiger partial charge on any atom is 0.254 e. The van der Waals surface area contributed by atoms with Gasteiger partial charge < -0.3 is 20.4 Å². The van der Waals surface area contributed by atoms with Crippen LogP contribution in [0.2, 0.25) is 0 Å². The molecule has 0 spiro atoms. The van der Waals surface area contributed by atoms with Crippen LogP contribution >= 0.6 is 0 Å². The number of aliphatic hydroxyl groups is 2. The van der Waals surface area contributed by atoms with Crippen LogP contribution in [-0.4, -0.2) is 49.0 Å². The highest BCUT2D eigenvalue weighted by atomic mass is 19.1. The van der Waals surface area contributed by atoms with E-state index in [1.807, 2.05) is 0 Å². The van der Waals surface area contributed by atoms with Crippen molar-refractivity contribution in [2.45, 2.75) is 12.5 Å². The molecular weight excluding hydrogens is 251 g/mol. The molecule has 0 aliphatic rings. The number of amides is 1. The first-order valence-corrected chi connectivity index (χ1v) is 5.84. The van der Waals surface area contributed by atoms with Crippen LogP contribution in [0.1, 0.15) is 17.3 Å². The number of aliphatic hydroxyl groups excluding tert-OH is 2. The SMILES string of the molecule is CN(C)c1ccc(C(=O)NC(C)(CO)CO)c(F)c1. The Balaban J connectivity index is 2.95. The highest BCUT2D eigenvalue weighted by molar-refractivity contribution is 5.95. The number of rotatable bonds is 5. The van der Waals surface area contributed by atoms with Crippen LogP contribution in [0.15, 0.2) is 18.2 Å². The minimum absolute atomic E-state index is 0.126. The summed E-state index contributed by atoms with van der Waals surface area (Å²) in [6, 6.07) is 4.24. The van der Waals surface area contributed by atoms with Crippen molar-refractivity contribution in [1.29, 1.82) is 0 Å². The van der Waals surface area contributed by atoms with Crippen LogP contribution in [0.3, 0.4) is 0 Å². The maximum atomic E-state index is 13.8. The number of carbonyl (C=O) groups excluding carboxylic acids is 1. The second kappa shape index (κ2) is 5.99. The summed E-state index contributed by atoms with van der Waals surface area (Å²) < 4.78 is 13.8. The van der Waals surface area contributed by atoms with Gasteiger partial charge in [-0.2, -0.15) is 0 Å². The average Bonchev–Trinajstić information content (AvgIpc) is 2.38. The smallest absolute Gasteiger partial charge is 0.254 e. The van der Waals surface area contributed by atoms with E-state index >= 15 is 0 Å². The molecule has 19 heavy (non-hydrogen) atoms. The summed E-state index contributed by atoms with van der Waals surface area (Å²) >= 11 is 0. The molecule has 0 radical (unpaired) electrons. The molecule has 0 heterocycles. The van der Waals surface area contributed by atoms with Crippen molar-refractivity contribution >= 4 is 11.6 Å². The third-order valence-corrected chi connectivity index (χ3v) is 2.83. The predicted octanol–water partition coefficient (Wildman–Crippen LogP) is 0.365. The molecule has 0 aliphatic heterocycles. The minimum atomic E-state index is -1.18. The Morgan fingerprint density at radius 3 is 2.37 bits per heavy atom. The van der Waals surface area contributed by atoms with E-state index in [0.29, 0.717) is 5.69 Å². The fraction of sp³-hybridized carbons (Fsp3) is 0.462. The molecule has 0 saturated carbocycles. The van der Waals surface area contributed by atoms with Crippen molar-refractivity contribution in [1.82, 2.24) is 5.32 Å². The lowest BCUT2D eigenvalue weighted by molar-refractivity contribution is 0.0720. The molecule has 1 aromatic carbocycles. The van der Waals surface area contributed by atoms with E-state index in [1.165, 1.54) is 19.1 Å². The van der Waals surface area contributed by atoms with Crippen LogP contribution < -0.4 is 10.2 Å². The molecule has 1 aromatic rings. The Bertz CT molecular complexity index is 459. The Labute approximate surface area is 111 Å². The molecule has 1 amide bonds. The van der Waals surface area contributed by atoms with Gasteiger partial charge in [0.2, 0.25) is 0 Å². The molecule has 1 rings (SSSR count). The lowest BCUT2D eigenvalue weighted by Crippen LogP contribution is -2.51. The van der Waals surface area contributed by atoms with E-state index in [1.54, 1.807) is 25.1 Å². The number of hydrogen-bond acceptors (Lipinski definition) is 4. The van der Waals surface area contributed by atoms with Crippen LogP contribution in [0.4, 0.5) is 10.1 Å². The first-order chi connectivity index (χ1) is 8.83. The molecule has 0 unspecified atom stereocenters. The predicted molar refractivity (Wildman–Crippen MR) is 70.8 cm³/mol. The van der Waals surface area contributed by atoms with Gasteiger partial charge in [-0.1, -0.05) is 0 Å². The van der Waals surface area contributed by atoms with Gasteiger partial charge in [-0.15, -0.1) is 0 Å². The standard InChI is InChI=1S/C13H19FN2O3/c1-13(7-17,8-18)15-12(19)10-5-4-9(16(2)3)6-11(10)14/h4-6,17-18H,7-8H2,1-3H3,(H,15,19). The van der Waals surface area contributed by atoms with Crippen LogP contribution in [0.25, 0.3) is 0 Å². The van der Waals surface area contributed by atoms with Gasteiger partial charge in [0.05, 0.1) is 24.3 Å². The number of halogens is 1. The van der Waals surface area contributed by atoms with Crippen LogP contribution in [0, 0.1) is 5.82 Å². The summed E-state index contributed by atoms with van der Waals surface area (Å²) in [6.07, 6.45) is 0. The zero-order valence-electron chi connectivity index (χ0n) is 11.3. The van der Waals surface area contributed by atoms with Gasteiger partial charge >= 0.3 is 0 Å². The molecule has 106 valence electrons. The van der Waals surface area contributed by atoms with Crippen molar-refractivity contribution in [3.63, 3.8) is 0 Å². The number of benzene rings is 1. The van der Waals surface area contributed by atoms with Gasteiger partial charge in [0.25, 0.3) is 5.91 Å². The molecule has 0 aromatic heterocycles. The fourth-order valence-electron chi connectivity index (χ4n) is 1.44. The number of nitrogens with zero attached hydrogens (tertiary/aromatic N) is 1. The van der Waals surface area contributed by atoms with Crippen molar-refractivity contribution in [3.05, 3.63) is 29.6 Å². The molecule has 3 N–H and O–H groups in total. The Kier molecular flexibility index (Phi) is 4.85. The van der Waals surface area contributed by atoms with Gasteiger partial charge in [-0.05, 0) is 25.1 Å². The Morgan fingerprint density at radius 1 is 1.37 bits per heavy atom.